The summed E-state index contributed by atoms with van der Waals surface area (Å²) >= 11 is 0. The van der Waals surface area contributed by atoms with E-state index in [9.17, 15) is 13.2 Å². The zero-order chi connectivity index (χ0) is 10.6. The van der Waals surface area contributed by atoms with Gasteiger partial charge in [0.05, 0.1) is 6.54 Å². The predicted molar refractivity (Wildman–Crippen MR) is 48.8 cm³/mol. The lowest BCUT2D eigenvalue weighted by atomic mass is 10.1. The van der Waals surface area contributed by atoms with Crippen LogP contribution in [0.1, 0.15) is 11.1 Å². The number of benzene rings is 1. The second kappa shape index (κ2) is 5.00. The molecule has 0 aromatic heterocycles. The fourth-order valence-electron chi connectivity index (χ4n) is 1.11. The molecule has 1 rings (SSSR count). The van der Waals surface area contributed by atoms with E-state index >= 15 is 0 Å². The summed E-state index contributed by atoms with van der Waals surface area (Å²) in [6.07, 6.45) is -2.40. The van der Waals surface area contributed by atoms with Crippen LogP contribution in [0.3, 0.4) is 0 Å². The lowest BCUT2D eigenvalue weighted by Gasteiger charge is -2.05. The molecule has 1 N–H and O–H groups in total. The molecule has 0 unspecified atom stereocenters. The van der Waals surface area contributed by atoms with Crippen LogP contribution in [0.25, 0.3) is 0 Å². The molecule has 0 bridgehead atoms. The highest BCUT2D eigenvalue weighted by Crippen LogP contribution is 2.09. The van der Waals surface area contributed by atoms with E-state index in [-0.39, 0.29) is 12.4 Å². The standard InChI is InChI=1S/C10H12F3N/c1-7-2-3-8(9(11)4-7)5-14-6-10(12)13/h2-4,10,14H,5-6H2,1H3. The van der Waals surface area contributed by atoms with Crippen molar-refractivity contribution in [2.24, 2.45) is 0 Å². The number of hydrogen-bond acceptors (Lipinski definition) is 1. The highest BCUT2D eigenvalue weighted by Gasteiger charge is 2.04. The van der Waals surface area contributed by atoms with Gasteiger partial charge in [0.1, 0.15) is 5.82 Å². The van der Waals surface area contributed by atoms with Crippen molar-refractivity contribution in [2.45, 2.75) is 19.9 Å². The van der Waals surface area contributed by atoms with Crippen molar-refractivity contribution in [1.29, 1.82) is 0 Å². The maximum atomic E-state index is 13.1. The van der Waals surface area contributed by atoms with Gasteiger partial charge in [-0.15, -0.1) is 0 Å². The van der Waals surface area contributed by atoms with Crippen LogP contribution in [0.15, 0.2) is 18.2 Å². The van der Waals surface area contributed by atoms with Crippen molar-refractivity contribution in [2.75, 3.05) is 6.54 Å². The normalized spacial score (nSPS) is 10.9. The van der Waals surface area contributed by atoms with E-state index in [1.807, 2.05) is 0 Å². The topological polar surface area (TPSA) is 12.0 Å². The van der Waals surface area contributed by atoms with E-state index in [1.54, 1.807) is 19.1 Å². The van der Waals surface area contributed by atoms with Crippen LogP contribution in [0.4, 0.5) is 13.2 Å². The molecule has 0 saturated carbocycles. The molecule has 0 aliphatic carbocycles. The van der Waals surface area contributed by atoms with Gasteiger partial charge in [-0.25, -0.2) is 13.2 Å². The Labute approximate surface area is 80.9 Å². The summed E-state index contributed by atoms with van der Waals surface area (Å²) < 4.78 is 36.6. The smallest absolute Gasteiger partial charge is 0.250 e. The molecule has 1 aromatic carbocycles. The van der Waals surface area contributed by atoms with Gasteiger partial charge in [-0.3, -0.25) is 0 Å². The molecule has 0 fully saturated rings. The molecule has 0 aliphatic heterocycles. The van der Waals surface area contributed by atoms with Crippen molar-refractivity contribution in [1.82, 2.24) is 5.32 Å². The van der Waals surface area contributed by atoms with Crippen molar-refractivity contribution in [3.05, 3.63) is 35.1 Å². The third kappa shape index (κ3) is 3.38. The summed E-state index contributed by atoms with van der Waals surface area (Å²) in [7, 11) is 0. The monoisotopic (exact) mass is 203 g/mol. The van der Waals surface area contributed by atoms with E-state index in [0.717, 1.165) is 5.56 Å². The van der Waals surface area contributed by atoms with Crippen molar-refractivity contribution >= 4 is 0 Å². The Morgan fingerprint density at radius 1 is 1.36 bits per heavy atom. The lowest BCUT2D eigenvalue weighted by molar-refractivity contribution is 0.145. The van der Waals surface area contributed by atoms with E-state index < -0.39 is 13.0 Å². The molecular formula is C10H12F3N. The minimum atomic E-state index is -2.40. The van der Waals surface area contributed by atoms with Gasteiger partial charge < -0.3 is 5.32 Å². The maximum absolute atomic E-state index is 13.1. The molecule has 0 atom stereocenters. The highest BCUT2D eigenvalue weighted by atomic mass is 19.3. The van der Waals surface area contributed by atoms with Crippen molar-refractivity contribution in [3.63, 3.8) is 0 Å². The Balaban J connectivity index is 2.51. The van der Waals surface area contributed by atoms with Gasteiger partial charge in [0.15, 0.2) is 0 Å². The maximum Gasteiger partial charge on any atom is 0.250 e. The molecule has 0 saturated heterocycles. The largest absolute Gasteiger partial charge is 0.307 e. The van der Waals surface area contributed by atoms with Gasteiger partial charge in [0.25, 0.3) is 6.43 Å². The summed E-state index contributed by atoms with van der Waals surface area (Å²) in [5.41, 5.74) is 1.23. The van der Waals surface area contributed by atoms with Crippen LogP contribution < -0.4 is 5.32 Å². The molecule has 0 amide bonds. The minimum absolute atomic E-state index is 0.135. The van der Waals surface area contributed by atoms with Crippen LogP contribution >= 0.6 is 0 Å². The third-order valence-corrected chi connectivity index (χ3v) is 1.82. The average molecular weight is 203 g/mol. The van der Waals surface area contributed by atoms with Gasteiger partial charge in [0.2, 0.25) is 0 Å². The van der Waals surface area contributed by atoms with Crippen LogP contribution in [0.5, 0.6) is 0 Å². The summed E-state index contributed by atoms with van der Waals surface area (Å²) in [6.45, 7) is 1.50. The first-order valence-corrected chi connectivity index (χ1v) is 4.33. The van der Waals surface area contributed by atoms with Gasteiger partial charge in [-0.05, 0) is 18.6 Å². The fraction of sp³-hybridized carbons (Fsp3) is 0.400. The quantitative estimate of drug-likeness (QED) is 0.792. The van der Waals surface area contributed by atoms with E-state index in [1.165, 1.54) is 6.07 Å². The number of aryl methyl sites for hydroxylation is 1. The molecule has 1 nitrogen and oxygen atoms in total. The predicted octanol–water partition coefficient (Wildman–Crippen LogP) is 2.49. The highest BCUT2D eigenvalue weighted by molar-refractivity contribution is 5.23. The summed E-state index contributed by atoms with van der Waals surface area (Å²) in [5, 5.41) is 2.47. The number of alkyl halides is 2. The van der Waals surface area contributed by atoms with Gasteiger partial charge in [-0.1, -0.05) is 12.1 Å². The molecule has 0 aliphatic rings. The first-order valence-electron chi connectivity index (χ1n) is 4.33. The Hall–Kier alpha value is -1.03. The first kappa shape index (κ1) is 11.0. The van der Waals surface area contributed by atoms with Crippen LogP contribution in [-0.4, -0.2) is 13.0 Å². The molecule has 0 heterocycles. The molecule has 14 heavy (non-hydrogen) atoms. The number of halogens is 3. The number of rotatable bonds is 4. The molecule has 1 aromatic rings. The fourth-order valence-corrected chi connectivity index (χ4v) is 1.11. The van der Waals surface area contributed by atoms with Crippen LogP contribution in [0, 0.1) is 12.7 Å². The minimum Gasteiger partial charge on any atom is -0.307 e. The SMILES string of the molecule is Cc1ccc(CNCC(F)F)c(F)c1. The van der Waals surface area contributed by atoms with E-state index in [2.05, 4.69) is 5.32 Å². The van der Waals surface area contributed by atoms with Gasteiger partial charge in [0, 0.05) is 12.1 Å². The summed E-state index contributed by atoms with van der Waals surface area (Å²) in [5.74, 6) is -0.355. The molecule has 78 valence electrons. The second-order valence-corrected chi connectivity index (χ2v) is 3.12. The van der Waals surface area contributed by atoms with Crippen LogP contribution in [-0.2, 0) is 6.54 Å². The first-order chi connectivity index (χ1) is 6.59. The number of hydrogen-bond donors (Lipinski definition) is 1. The summed E-state index contributed by atoms with van der Waals surface area (Å²) in [6, 6.07) is 4.74. The zero-order valence-electron chi connectivity index (χ0n) is 7.86. The Kier molecular flexibility index (Phi) is 3.95. The van der Waals surface area contributed by atoms with Gasteiger partial charge in [-0.2, -0.15) is 0 Å². The zero-order valence-corrected chi connectivity index (χ0v) is 7.86. The Morgan fingerprint density at radius 2 is 2.07 bits per heavy atom. The van der Waals surface area contributed by atoms with Crippen molar-refractivity contribution in [3.8, 4) is 0 Å². The average Bonchev–Trinajstić information content (AvgIpc) is 2.08. The van der Waals surface area contributed by atoms with Gasteiger partial charge >= 0.3 is 0 Å². The third-order valence-electron chi connectivity index (χ3n) is 1.82. The number of nitrogens with one attached hydrogen (secondary N) is 1. The molecule has 0 radical (unpaired) electrons. The lowest BCUT2D eigenvalue weighted by Crippen LogP contribution is -2.21. The Bertz CT molecular complexity index is 299. The Morgan fingerprint density at radius 3 is 2.64 bits per heavy atom. The second-order valence-electron chi connectivity index (χ2n) is 3.12. The molecule has 0 spiro atoms. The molecular weight excluding hydrogens is 191 g/mol. The van der Waals surface area contributed by atoms with Crippen molar-refractivity contribution < 1.29 is 13.2 Å². The van der Waals surface area contributed by atoms with E-state index in [0.29, 0.717) is 5.56 Å². The summed E-state index contributed by atoms with van der Waals surface area (Å²) in [4.78, 5) is 0. The molecule has 4 heteroatoms. The van der Waals surface area contributed by atoms with Crippen LogP contribution in [0.2, 0.25) is 0 Å². The van der Waals surface area contributed by atoms with E-state index in [4.69, 9.17) is 0 Å².